The van der Waals surface area contributed by atoms with Gasteiger partial charge in [0.15, 0.2) is 0 Å². The summed E-state index contributed by atoms with van der Waals surface area (Å²) in [5.74, 6) is 4.68. The molecule has 2 aromatic heterocycles. The summed E-state index contributed by atoms with van der Waals surface area (Å²) in [5.41, 5.74) is 2.43. The van der Waals surface area contributed by atoms with Crippen LogP contribution in [-0.2, 0) is 41.3 Å². The van der Waals surface area contributed by atoms with Crippen LogP contribution in [0.4, 0.5) is 11.6 Å². The van der Waals surface area contributed by atoms with Gasteiger partial charge < -0.3 is 38.2 Å². The maximum absolute atomic E-state index is 7.19. The highest BCUT2D eigenvalue weighted by molar-refractivity contribution is 5.40. The maximum Gasteiger partial charge on any atom is 0.128 e. The SMILES string of the molecule is CC(C)C[C@H]1CO[C@H](C)CN(C)[C@@H](CC2CC2)CO[C@H](Cc2ccc(N3CCOCC3)nc2)CN(C)[C@@H](CC(C)C)CO[C@H](C)CN(C)[C@@H](CC2CC2)CO[C@H](Cc2ccc(N3CCOCC3)nc2)CN1C. The summed E-state index contributed by atoms with van der Waals surface area (Å²) < 4.78 is 39.4. The van der Waals surface area contributed by atoms with Crippen LogP contribution >= 0.6 is 0 Å². The molecule has 2 aromatic rings. The maximum atomic E-state index is 7.19. The molecular formula is C58H100N8O6. The van der Waals surface area contributed by atoms with E-state index in [4.69, 9.17) is 38.4 Å². The Kier molecular flexibility index (Phi) is 23.2. The number of aromatic nitrogens is 2. The third-order valence-corrected chi connectivity index (χ3v) is 16.1. The first-order valence-electron chi connectivity index (χ1n) is 28.6. The molecule has 3 aliphatic heterocycles. The Balaban J connectivity index is 1.11. The van der Waals surface area contributed by atoms with E-state index in [1.807, 2.05) is 0 Å². The molecule has 0 unspecified atom stereocenters. The molecule has 7 rings (SSSR count). The molecule has 72 heavy (non-hydrogen) atoms. The molecule has 0 radical (unpaired) electrons. The van der Waals surface area contributed by atoms with E-state index >= 15 is 0 Å². The van der Waals surface area contributed by atoms with E-state index in [1.165, 1.54) is 36.8 Å². The topological polar surface area (TPSA) is 101 Å². The quantitative estimate of drug-likeness (QED) is 0.188. The van der Waals surface area contributed by atoms with Crippen molar-refractivity contribution in [2.45, 2.75) is 154 Å². The molecule has 0 amide bonds. The Labute approximate surface area is 437 Å². The smallest absolute Gasteiger partial charge is 0.128 e. The molecule has 8 atom stereocenters. The van der Waals surface area contributed by atoms with Gasteiger partial charge in [0.25, 0.3) is 0 Å². The second-order valence-corrected chi connectivity index (χ2v) is 23.8. The second kappa shape index (κ2) is 29.1. The zero-order chi connectivity index (χ0) is 51.0. The number of nitrogens with zero attached hydrogens (tertiary/aromatic N) is 8. The van der Waals surface area contributed by atoms with Crippen molar-refractivity contribution in [2.24, 2.45) is 23.7 Å². The Morgan fingerprint density at radius 3 is 1.18 bits per heavy atom. The lowest BCUT2D eigenvalue weighted by Crippen LogP contribution is -2.47. The van der Waals surface area contributed by atoms with Crippen LogP contribution in [0.15, 0.2) is 36.7 Å². The summed E-state index contributed by atoms with van der Waals surface area (Å²) in [7, 11) is 9.17. The summed E-state index contributed by atoms with van der Waals surface area (Å²) in [6.45, 7) is 26.5. The number of ether oxygens (including phenoxy) is 6. The molecule has 0 aromatic carbocycles. The lowest BCUT2D eigenvalue weighted by atomic mass is 10.0. The average Bonchev–Trinajstić information content (AvgIpc) is 4.32. The van der Waals surface area contributed by atoms with Gasteiger partial charge in [-0.25, -0.2) is 9.97 Å². The number of likely N-dealkylation sites (N-methyl/N-ethyl adjacent to an activating group) is 4. The third kappa shape index (κ3) is 19.6. The van der Waals surface area contributed by atoms with Gasteiger partial charge in [0.05, 0.1) is 77.3 Å². The van der Waals surface area contributed by atoms with Gasteiger partial charge in [0.1, 0.15) is 11.6 Å². The van der Waals surface area contributed by atoms with E-state index in [0.717, 1.165) is 141 Å². The van der Waals surface area contributed by atoms with Gasteiger partial charge in [0.2, 0.25) is 0 Å². The van der Waals surface area contributed by atoms with Crippen LogP contribution in [0.2, 0.25) is 0 Å². The predicted molar refractivity (Wildman–Crippen MR) is 292 cm³/mol. The van der Waals surface area contributed by atoms with Crippen molar-refractivity contribution in [3.05, 3.63) is 47.8 Å². The van der Waals surface area contributed by atoms with Crippen molar-refractivity contribution < 1.29 is 28.4 Å². The normalized spacial score (nSPS) is 30.2. The van der Waals surface area contributed by atoms with Gasteiger partial charge >= 0.3 is 0 Å². The molecule has 0 bridgehead atoms. The fourth-order valence-electron chi connectivity index (χ4n) is 11.2. The Bertz CT molecular complexity index is 1660. The van der Waals surface area contributed by atoms with E-state index in [2.05, 4.69) is 136 Å². The Morgan fingerprint density at radius 2 is 0.847 bits per heavy atom. The monoisotopic (exact) mass is 1000 g/mol. The first-order chi connectivity index (χ1) is 34.7. The average molecular weight is 1010 g/mol. The van der Waals surface area contributed by atoms with Crippen LogP contribution in [0.5, 0.6) is 0 Å². The minimum Gasteiger partial charge on any atom is -0.378 e. The molecule has 0 N–H and O–H groups in total. The van der Waals surface area contributed by atoms with Crippen LogP contribution in [0.25, 0.3) is 0 Å². The van der Waals surface area contributed by atoms with Crippen molar-refractivity contribution in [2.75, 3.05) is 143 Å². The van der Waals surface area contributed by atoms with Crippen molar-refractivity contribution in [1.29, 1.82) is 0 Å². The fraction of sp³-hybridized carbons (Fsp3) is 0.828. The number of hydrogen-bond donors (Lipinski definition) is 0. The zero-order valence-electron chi connectivity index (χ0n) is 46.8. The lowest BCUT2D eigenvalue weighted by molar-refractivity contribution is -0.0528. The van der Waals surface area contributed by atoms with Gasteiger partial charge in [0, 0.05) is 102 Å². The molecule has 14 heteroatoms. The van der Waals surface area contributed by atoms with E-state index in [0.29, 0.717) is 50.3 Å². The molecule has 5 heterocycles. The van der Waals surface area contributed by atoms with Gasteiger partial charge in [-0.05, 0) is 115 Å². The third-order valence-electron chi connectivity index (χ3n) is 16.1. The van der Waals surface area contributed by atoms with E-state index in [1.54, 1.807) is 0 Å². The summed E-state index contributed by atoms with van der Waals surface area (Å²) in [6, 6.07) is 10.1. The van der Waals surface area contributed by atoms with Crippen LogP contribution in [-0.4, -0.2) is 212 Å². The molecule has 5 aliphatic rings. The highest BCUT2D eigenvalue weighted by Gasteiger charge is 2.33. The van der Waals surface area contributed by atoms with Crippen molar-refractivity contribution in [1.82, 2.24) is 29.6 Å². The standard InChI is InChI=1S/C58H100N8O6/c1-43(2)27-51-39-69-45(5)35-61(7)54(30-48-13-14-48)42-72-56(32-50-16-18-58(60-34-50)66-21-25-68-26-22-66)38-64(10)52(28-44(3)4)40-70-46(6)36-62(8)53(29-47-11-12-47)41-71-55(37-63(51)9)31-49-15-17-57(59-33-49)65-19-23-67-24-20-65/h15-18,33-34,43-48,51-56H,11-14,19-32,35-42H2,1-10H3/t45-,46-,51+,52+,53+,54+,55-,56-/m1/s1. The molecule has 2 aliphatic carbocycles. The Morgan fingerprint density at radius 1 is 0.486 bits per heavy atom. The second-order valence-electron chi connectivity index (χ2n) is 23.8. The van der Waals surface area contributed by atoms with Crippen LogP contribution in [0, 0.1) is 23.7 Å². The molecule has 408 valence electrons. The molecular weight excluding hydrogens is 905 g/mol. The fourth-order valence-corrected chi connectivity index (χ4v) is 11.2. The lowest BCUT2D eigenvalue weighted by Gasteiger charge is -2.37. The van der Waals surface area contributed by atoms with Gasteiger partial charge in [-0.1, -0.05) is 65.5 Å². The number of anilines is 2. The predicted octanol–water partition coefficient (Wildman–Crippen LogP) is 7.42. The molecule has 14 nitrogen and oxygen atoms in total. The summed E-state index contributed by atoms with van der Waals surface area (Å²) in [5, 5.41) is 0. The van der Waals surface area contributed by atoms with Crippen molar-refractivity contribution in [3.8, 4) is 0 Å². The first-order valence-corrected chi connectivity index (χ1v) is 28.6. The molecule has 5 fully saturated rings. The summed E-state index contributed by atoms with van der Waals surface area (Å²) >= 11 is 0. The van der Waals surface area contributed by atoms with Gasteiger partial charge in [-0.3, -0.25) is 19.6 Å². The highest BCUT2D eigenvalue weighted by Crippen LogP contribution is 2.36. The van der Waals surface area contributed by atoms with E-state index in [-0.39, 0.29) is 36.5 Å². The Hall–Kier alpha value is -2.50. The van der Waals surface area contributed by atoms with Crippen molar-refractivity contribution in [3.63, 3.8) is 0 Å². The zero-order valence-corrected chi connectivity index (χ0v) is 46.8. The minimum atomic E-state index is 0.00336. The first kappa shape index (κ1) is 57.2. The largest absolute Gasteiger partial charge is 0.378 e. The summed E-state index contributed by atoms with van der Waals surface area (Å²) in [6.07, 6.45) is 15.6. The molecule has 0 spiro atoms. The highest BCUT2D eigenvalue weighted by atomic mass is 16.5. The van der Waals surface area contributed by atoms with E-state index < -0.39 is 0 Å². The summed E-state index contributed by atoms with van der Waals surface area (Å²) in [4.78, 5) is 24.7. The van der Waals surface area contributed by atoms with Crippen molar-refractivity contribution >= 4 is 11.6 Å². The number of hydrogen-bond acceptors (Lipinski definition) is 14. The van der Waals surface area contributed by atoms with Gasteiger partial charge in [-0.15, -0.1) is 0 Å². The number of morpholine rings is 2. The van der Waals surface area contributed by atoms with Crippen LogP contribution < -0.4 is 9.80 Å². The van der Waals surface area contributed by atoms with Crippen LogP contribution in [0.3, 0.4) is 0 Å². The molecule has 2 saturated carbocycles. The molecule has 3 saturated heterocycles. The van der Waals surface area contributed by atoms with Gasteiger partial charge in [-0.2, -0.15) is 0 Å². The minimum absolute atomic E-state index is 0.00336. The number of pyridine rings is 2. The van der Waals surface area contributed by atoms with Crippen LogP contribution in [0.1, 0.15) is 104 Å². The number of rotatable bonds is 14. The van der Waals surface area contributed by atoms with E-state index in [9.17, 15) is 0 Å².